The fraction of sp³-hybridized carbons (Fsp3) is 0.840. The number of hydrogen-bond donors (Lipinski definition) is 0. The molecule has 0 aromatic rings. The second kappa shape index (κ2) is 9.69. The van der Waals surface area contributed by atoms with E-state index in [0.717, 1.165) is 0 Å². The molecule has 5 atom stereocenters. The fourth-order valence-corrected chi connectivity index (χ4v) is 5.53. The molecule has 0 N–H and O–H groups in total. The van der Waals surface area contributed by atoms with Crippen molar-refractivity contribution >= 4 is 14.4 Å². The van der Waals surface area contributed by atoms with E-state index in [2.05, 4.69) is 46.0 Å². The lowest BCUT2D eigenvalue weighted by Crippen LogP contribution is -2.58. The second-order valence-corrected chi connectivity index (χ2v) is 16.9. The monoisotopic (exact) mass is 480 g/mol. The molecule has 2 saturated heterocycles. The molecular weight excluding hydrogens is 436 g/mol. The molecule has 2 aliphatic rings. The Kier molecular flexibility index (Phi) is 8.17. The molecule has 33 heavy (non-hydrogen) atoms. The van der Waals surface area contributed by atoms with Crippen molar-refractivity contribution in [3.63, 3.8) is 0 Å². The molecule has 0 aromatic heterocycles. The highest BCUT2D eigenvalue weighted by Crippen LogP contribution is 2.43. The van der Waals surface area contributed by atoms with E-state index in [-0.39, 0.29) is 17.1 Å². The first kappa shape index (κ1) is 27.8. The minimum absolute atomic E-state index is 0.0414. The summed E-state index contributed by atoms with van der Waals surface area (Å²) in [6.45, 7) is 22.6. The minimum atomic E-state index is -2.27. The number of allylic oxidation sites excluding steroid dienone is 1. The highest BCUT2D eigenvalue weighted by atomic mass is 28.4. The van der Waals surface area contributed by atoms with Crippen LogP contribution < -0.4 is 0 Å². The Morgan fingerprint density at radius 3 is 2.27 bits per heavy atom. The summed E-state index contributed by atoms with van der Waals surface area (Å²) < 4.78 is 25.0. The lowest BCUT2D eigenvalue weighted by Gasteiger charge is -2.45. The quantitative estimate of drug-likeness (QED) is 0.375. The van der Waals surface area contributed by atoms with Crippen molar-refractivity contribution in [3.05, 3.63) is 12.2 Å². The Bertz CT molecular complexity index is 775. The van der Waals surface area contributed by atoms with Gasteiger partial charge >= 0.3 is 6.09 Å². The SMILES string of the molecule is CC=C[C@@H]1C[C@H](C#N)N(C(=O)OC(C)(C)C)[C@H]1[C@H](O[Si](C)(C)C(C)(C)C)C1COC(C)(C)O1. The van der Waals surface area contributed by atoms with Crippen LogP contribution in [0, 0.1) is 17.2 Å². The summed E-state index contributed by atoms with van der Waals surface area (Å²) in [5.41, 5.74) is -0.676. The van der Waals surface area contributed by atoms with E-state index in [1.54, 1.807) is 4.90 Å². The molecule has 0 aromatic carbocycles. The highest BCUT2D eigenvalue weighted by Gasteiger charge is 2.55. The van der Waals surface area contributed by atoms with Crippen molar-refractivity contribution in [2.45, 2.75) is 123 Å². The third-order valence-corrected chi connectivity index (χ3v) is 11.2. The lowest BCUT2D eigenvalue weighted by atomic mass is 9.92. The summed E-state index contributed by atoms with van der Waals surface area (Å²) in [6, 6.07) is 1.32. The van der Waals surface area contributed by atoms with Crippen molar-refractivity contribution in [2.24, 2.45) is 5.92 Å². The summed E-state index contributed by atoms with van der Waals surface area (Å²) in [5, 5.41) is 9.93. The predicted molar refractivity (Wildman–Crippen MR) is 131 cm³/mol. The van der Waals surface area contributed by atoms with Crippen LogP contribution in [0.15, 0.2) is 12.2 Å². The van der Waals surface area contributed by atoms with Crippen LogP contribution in [0.25, 0.3) is 0 Å². The Labute approximate surface area is 201 Å². The van der Waals surface area contributed by atoms with E-state index in [9.17, 15) is 10.1 Å². The van der Waals surface area contributed by atoms with Crippen molar-refractivity contribution in [3.8, 4) is 6.07 Å². The first-order valence-corrected chi connectivity index (χ1v) is 14.9. The minimum Gasteiger partial charge on any atom is -0.444 e. The third kappa shape index (κ3) is 6.59. The third-order valence-electron chi connectivity index (χ3n) is 6.75. The van der Waals surface area contributed by atoms with E-state index >= 15 is 0 Å². The maximum absolute atomic E-state index is 13.4. The van der Waals surface area contributed by atoms with E-state index < -0.39 is 44.0 Å². The highest BCUT2D eigenvalue weighted by molar-refractivity contribution is 6.74. The predicted octanol–water partition coefficient (Wildman–Crippen LogP) is 5.62. The number of rotatable bonds is 5. The number of likely N-dealkylation sites (tertiary alicyclic amines) is 1. The van der Waals surface area contributed by atoms with Gasteiger partial charge in [-0.05, 0) is 66.1 Å². The largest absolute Gasteiger partial charge is 0.444 e. The summed E-state index contributed by atoms with van der Waals surface area (Å²) in [6.07, 6.45) is 3.26. The van der Waals surface area contributed by atoms with Crippen LogP contribution in [0.2, 0.25) is 18.1 Å². The number of hydrogen-bond acceptors (Lipinski definition) is 6. The molecule has 2 heterocycles. The molecule has 2 aliphatic heterocycles. The molecule has 0 bridgehead atoms. The van der Waals surface area contributed by atoms with Gasteiger partial charge in [0.25, 0.3) is 0 Å². The van der Waals surface area contributed by atoms with Crippen molar-refractivity contribution in [1.29, 1.82) is 5.26 Å². The summed E-state index contributed by atoms with van der Waals surface area (Å²) in [7, 11) is -2.27. The van der Waals surface area contributed by atoms with Gasteiger partial charge in [0, 0.05) is 5.92 Å². The average Bonchev–Trinajstić information content (AvgIpc) is 3.17. The average molecular weight is 481 g/mol. The number of amides is 1. The van der Waals surface area contributed by atoms with Crippen LogP contribution >= 0.6 is 0 Å². The van der Waals surface area contributed by atoms with Crippen LogP contribution in [-0.2, 0) is 18.6 Å². The molecule has 0 aliphatic carbocycles. The number of nitriles is 1. The van der Waals surface area contributed by atoms with Gasteiger partial charge in [-0.1, -0.05) is 32.9 Å². The van der Waals surface area contributed by atoms with Gasteiger partial charge in [-0.15, -0.1) is 0 Å². The van der Waals surface area contributed by atoms with Crippen molar-refractivity contribution in [1.82, 2.24) is 4.90 Å². The Balaban J connectivity index is 2.58. The van der Waals surface area contributed by atoms with Crippen LogP contribution in [0.3, 0.4) is 0 Å². The molecule has 0 radical (unpaired) electrons. The summed E-state index contributed by atoms with van der Waals surface area (Å²) >= 11 is 0. The molecule has 2 fully saturated rings. The normalized spacial score (nSPS) is 29.3. The van der Waals surface area contributed by atoms with E-state index in [4.69, 9.17) is 18.6 Å². The van der Waals surface area contributed by atoms with Gasteiger partial charge in [0.15, 0.2) is 14.1 Å². The van der Waals surface area contributed by atoms with Gasteiger partial charge in [0.2, 0.25) is 0 Å². The lowest BCUT2D eigenvalue weighted by molar-refractivity contribution is -0.154. The van der Waals surface area contributed by atoms with Gasteiger partial charge < -0.3 is 18.6 Å². The van der Waals surface area contributed by atoms with Crippen LogP contribution in [0.5, 0.6) is 0 Å². The zero-order chi connectivity index (χ0) is 25.4. The first-order chi connectivity index (χ1) is 14.9. The maximum atomic E-state index is 13.4. The van der Waals surface area contributed by atoms with E-state index in [1.165, 1.54) is 0 Å². The fourth-order valence-electron chi connectivity index (χ4n) is 4.20. The summed E-state index contributed by atoms with van der Waals surface area (Å²) in [5.74, 6) is -0.797. The van der Waals surface area contributed by atoms with Gasteiger partial charge in [0.05, 0.1) is 24.8 Å². The maximum Gasteiger partial charge on any atom is 0.411 e. The van der Waals surface area contributed by atoms with E-state index in [1.807, 2.05) is 47.6 Å². The molecular formula is C25H44N2O5Si. The van der Waals surface area contributed by atoms with Crippen LogP contribution in [-0.4, -0.2) is 61.6 Å². The summed E-state index contributed by atoms with van der Waals surface area (Å²) in [4.78, 5) is 15.0. The molecule has 0 saturated carbocycles. The number of ether oxygens (including phenoxy) is 3. The van der Waals surface area contributed by atoms with E-state index in [0.29, 0.717) is 13.0 Å². The zero-order valence-electron chi connectivity index (χ0n) is 22.4. The first-order valence-electron chi connectivity index (χ1n) is 12.0. The van der Waals surface area contributed by atoms with Crippen molar-refractivity contribution in [2.75, 3.05) is 6.61 Å². The van der Waals surface area contributed by atoms with Crippen LogP contribution in [0.1, 0.15) is 68.7 Å². The molecule has 7 nitrogen and oxygen atoms in total. The van der Waals surface area contributed by atoms with Gasteiger partial charge in [-0.2, -0.15) is 5.26 Å². The molecule has 8 heteroatoms. The Morgan fingerprint density at radius 1 is 1.24 bits per heavy atom. The number of carbonyl (C=O) groups is 1. The molecule has 1 unspecified atom stereocenters. The van der Waals surface area contributed by atoms with Gasteiger partial charge in [-0.3, -0.25) is 4.90 Å². The molecule has 1 amide bonds. The van der Waals surface area contributed by atoms with Crippen molar-refractivity contribution < 1.29 is 23.4 Å². The smallest absolute Gasteiger partial charge is 0.411 e. The Morgan fingerprint density at radius 2 is 1.85 bits per heavy atom. The standard InChI is InChI=1S/C25H44N2O5Si/c1-12-13-17-14-18(15-26)27(22(28)31-23(2,3)4)20(17)21(19-16-29-25(8,9)30-19)32-33(10,11)24(5,6)7/h12-13,17-21H,14,16H2,1-11H3/t17-,18-,19?,20-,21-/m1/s1. The molecule has 2 rings (SSSR count). The van der Waals surface area contributed by atoms with Gasteiger partial charge in [0.1, 0.15) is 17.7 Å². The van der Waals surface area contributed by atoms with Gasteiger partial charge in [-0.25, -0.2) is 4.79 Å². The topological polar surface area (TPSA) is 81.0 Å². The second-order valence-electron chi connectivity index (χ2n) is 12.2. The zero-order valence-corrected chi connectivity index (χ0v) is 23.4. The van der Waals surface area contributed by atoms with Crippen LogP contribution in [0.4, 0.5) is 4.79 Å². The molecule has 0 spiro atoms. The Hall–Kier alpha value is -1.40. The number of carbonyl (C=O) groups excluding carboxylic acids is 1. The molecule has 188 valence electrons. The number of nitrogens with zero attached hydrogens (tertiary/aromatic N) is 2.